The molecular weight excluding hydrogens is 422 g/mol. The van der Waals surface area contributed by atoms with Gasteiger partial charge in [0.15, 0.2) is 5.65 Å². The summed E-state index contributed by atoms with van der Waals surface area (Å²) in [7, 11) is 0. The number of hydrogen-bond donors (Lipinski definition) is 0. The van der Waals surface area contributed by atoms with Gasteiger partial charge in [0.05, 0.1) is 11.3 Å². The minimum absolute atomic E-state index is 0.0621. The van der Waals surface area contributed by atoms with Crippen molar-refractivity contribution in [3.05, 3.63) is 71.4 Å². The number of pyridine rings is 1. The molecule has 0 N–H and O–H groups in total. The number of hydrogen-bond acceptors (Lipinski definition) is 3. The van der Waals surface area contributed by atoms with Crippen molar-refractivity contribution >= 4 is 5.65 Å². The van der Waals surface area contributed by atoms with Crippen molar-refractivity contribution in [2.45, 2.75) is 26.2 Å². The van der Waals surface area contributed by atoms with E-state index < -0.39 is 23.6 Å². The highest BCUT2D eigenvalue weighted by Crippen LogP contribution is 2.37. The molecule has 0 aliphatic rings. The summed E-state index contributed by atoms with van der Waals surface area (Å²) in [5, 5.41) is 0. The summed E-state index contributed by atoms with van der Waals surface area (Å²) in [5.74, 6) is 0. The van der Waals surface area contributed by atoms with Crippen LogP contribution in [0.1, 0.15) is 22.5 Å². The van der Waals surface area contributed by atoms with E-state index in [-0.39, 0.29) is 28.2 Å². The summed E-state index contributed by atoms with van der Waals surface area (Å²) < 4.78 is 81.3. The molecule has 0 amide bonds. The second-order valence-electron chi connectivity index (χ2n) is 7.02. The van der Waals surface area contributed by atoms with Crippen molar-refractivity contribution in [1.29, 1.82) is 0 Å². The van der Waals surface area contributed by atoms with Crippen molar-refractivity contribution < 1.29 is 26.3 Å². The predicted octanol–water partition coefficient (Wildman–Crippen LogP) is 6.11. The Kier molecular flexibility index (Phi) is 4.75. The van der Waals surface area contributed by atoms with E-state index in [1.165, 1.54) is 19.2 Å². The van der Waals surface area contributed by atoms with Crippen molar-refractivity contribution in [2.24, 2.45) is 0 Å². The molecule has 10 heteroatoms. The standard InChI is InChI=1S/C21H14F6N4/c1-11-7-13(3-4-15(11)20(22,23)24)16-9-17(21(25,26)27)31-10-29-18(19(31)30-16)14-5-6-28-12(2)8-14/h3-10H,1-2H3. The first kappa shape index (κ1) is 20.8. The van der Waals surface area contributed by atoms with Gasteiger partial charge in [0.1, 0.15) is 17.7 Å². The number of halogens is 6. The molecule has 160 valence electrons. The van der Waals surface area contributed by atoms with Crippen LogP contribution in [-0.2, 0) is 12.4 Å². The van der Waals surface area contributed by atoms with Crippen LogP contribution < -0.4 is 0 Å². The number of aryl methyl sites for hydroxylation is 2. The third-order valence-corrected chi connectivity index (χ3v) is 4.79. The topological polar surface area (TPSA) is 43.1 Å². The molecule has 0 fully saturated rings. The molecule has 31 heavy (non-hydrogen) atoms. The van der Waals surface area contributed by atoms with Crippen LogP contribution in [0.4, 0.5) is 26.3 Å². The van der Waals surface area contributed by atoms with E-state index in [0.717, 1.165) is 28.9 Å². The van der Waals surface area contributed by atoms with Gasteiger partial charge in [-0.05, 0) is 49.7 Å². The van der Waals surface area contributed by atoms with Gasteiger partial charge in [-0.15, -0.1) is 0 Å². The lowest BCUT2D eigenvalue weighted by Crippen LogP contribution is -2.12. The van der Waals surface area contributed by atoms with E-state index in [9.17, 15) is 26.3 Å². The van der Waals surface area contributed by atoms with Gasteiger partial charge < -0.3 is 0 Å². The van der Waals surface area contributed by atoms with Gasteiger partial charge in [-0.3, -0.25) is 9.38 Å². The molecule has 1 aromatic carbocycles. The number of nitrogens with zero attached hydrogens (tertiary/aromatic N) is 4. The maximum Gasteiger partial charge on any atom is 0.431 e. The smallest absolute Gasteiger partial charge is 0.278 e. The van der Waals surface area contributed by atoms with Crippen LogP contribution in [0.3, 0.4) is 0 Å². The minimum atomic E-state index is -4.73. The Bertz CT molecular complexity index is 1290. The SMILES string of the molecule is Cc1cc(-c2ncn3c(C(F)(F)F)cc(-c4ccc(C(F)(F)F)c(C)c4)nc23)ccn1. The molecule has 0 bridgehead atoms. The van der Waals surface area contributed by atoms with Crippen LogP contribution in [0.2, 0.25) is 0 Å². The van der Waals surface area contributed by atoms with Crippen LogP contribution in [-0.4, -0.2) is 19.4 Å². The van der Waals surface area contributed by atoms with Crippen molar-refractivity contribution in [1.82, 2.24) is 19.4 Å². The fourth-order valence-corrected chi connectivity index (χ4v) is 3.37. The van der Waals surface area contributed by atoms with Crippen molar-refractivity contribution in [3.63, 3.8) is 0 Å². The molecule has 3 aromatic heterocycles. The van der Waals surface area contributed by atoms with Crippen molar-refractivity contribution in [3.8, 4) is 22.5 Å². The normalized spacial score (nSPS) is 12.5. The Balaban J connectivity index is 1.97. The summed E-state index contributed by atoms with van der Waals surface area (Å²) in [5.41, 5.74) is -0.658. The van der Waals surface area contributed by atoms with Crippen LogP contribution in [0.25, 0.3) is 28.2 Å². The molecule has 4 aromatic rings. The largest absolute Gasteiger partial charge is 0.431 e. The number of imidazole rings is 1. The van der Waals surface area contributed by atoms with E-state index in [0.29, 0.717) is 11.3 Å². The number of benzene rings is 1. The fraction of sp³-hybridized carbons (Fsp3) is 0.190. The van der Waals surface area contributed by atoms with Gasteiger partial charge in [0, 0.05) is 23.0 Å². The van der Waals surface area contributed by atoms with Gasteiger partial charge in [0.25, 0.3) is 0 Å². The maximum atomic E-state index is 13.8. The van der Waals surface area contributed by atoms with E-state index in [2.05, 4.69) is 15.0 Å². The lowest BCUT2D eigenvalue weighted by atomic mass is 10.0. The Morgan fingerprint density at radius 3 is 2.16 bits per heavy atom. The Morgan fingerprint density at radius 1 is 0.806 bits per heavy atom. The molecule has 0 radical (unpaired) electrons. The molecule has 0 saturated heterocycles. The first-order valence-electron chi connectivity index (χ1n) is 9.01. The summed E-state index contributed by atoms with van der Waals surface area (Å²) in [6.07, 6.45) is -6.76. The fourth-order valence-electron chi connectivity index (χ4n) is 3.37. The Morgan fingerprint density at radius 2 is 1.55 bits per heavy atom. The first-order valence-corrected chi connectivity index (χ1v) is 9.01. The molecule has 0 aliphatic heterocycles. The number of fused-ring (bicyclic) bond motifs is 1. The average molecular weight is 436 g/mol. The average Bonchev–Trinajstić information content (AvgIpc) is 3.09. The molecule has 4 nitrogen and oxygen atoms in total. The molecule has 0 saturated carbocycles. The summed E-state index contributed by atoms with van der Waals surface area (Å²) in [6.45, 7) is 2.98. The first-order chi connectivity index (χ1) is 14.4. The van der Waals surface area contributed by atoms with Gasteiger partial charge in [-0.2, -0.15) is 26.3 Å². The van der Waals surface area contributed by atoms with E-state index >= 15 is 0 Å². The molecule has 0 aliphatic carbocycles. The summed E-state index contributed by atoms with van der Waals surface area (Å²) >= 11 is 0. The molecule has 0 atom stereocenters. The van der Waals surface area contributed by atoms with Crippen LogP contribution in [0.5, 0.6) is 0 Å². The van der Waals surface area contributed by atoms with E-state index in [1.807, 2.05) is 0 Å². The molecular formula is C21H14F6N4. The quantitative estimate of drug-likeness (QED) is 0.356. The van der Waals surface area contributed by atoms with Gasteiger partial charge >= 0.3 is 12.4 Å². The van der Waals surface area contributed by atoms with E-state index in [4.69, 9.17) is 0 Å². The highest BCUT2D eigenvalue weighted by Gasteiger charge is 2.36. The Hall–Kier alpha value is -3.43. The second kappa shape index (κ2) is 7.07. The number of aromatic nitrogens is 4. The third-order valence-electron chi connectivity index (χ3n) is 4.79. The molecule has 3 heterocycles. The number of alkyl halides is 6. The predicted molar refractivity (Wildman–Crippen MR) is 101 cm³/mol. The number of rotatable bonds is 2. The van der Waals surface area contributed by atoms with Crippen LogP contribution in [0.15, 0.2) is 48.9 Å². The maximum absolute atomic E-state index is 13.8. The zero-order valence-corrected chi connectivity index (χ0v) is 16.2. The Labute approximate surface area is 172 Å². The van der Waals surface area contributed by atoms with E-state index in [1.54, 1.807) is 19.1 Å². The zero-order valence-electron chi connectivity index (χ0n) is 16.2. The molecule has 4 rings (SSSR count). The van der Waals surface area contributed by atoms with Crippen LogP contribution >= 0.6 is 0 Å². The summed E-state index contributed by atoms with van der Waals surface area (Å²) in [4.78, 5) is 12.5. The minimum Gasteiger partial charge on any atom is -0.278 e. The third kappa shape index (κ3) is 3.85. The molecule has 0 spiro atoms. The second-order valence-corrected chi connectivity index (χ2v) is 7.02. The van der Waals surface area contributed by atoms with Gasteiger partial charge in [0.2, 0.25) is 0 Å². The van der Waals surface area contributed by atoms with Gasteiger partial charge in [-0.1, -0.05) is 6.07 Å². The highest BCUT2D eigenvalue weighted by atomic mass is 19.4. The lowest BCUT2D eigenvalue weighted by Gasteiger charge is -2.14. The van der Waals surface area contributed by atoms with Gasteiger partial charge in [-0.25, -0.2) is 9.97 Å². The van der Waals surface area contributed by atoms with Crippen molar-refractivity contribution in [2.75, 3.05) is 0 Å². The highest BCUT2D eigenvalue weighted by molar-refractivity contribution is 5.76. The monoisotopic (exact) mass is 436 g/mol. The van der Waals surface area contributed by atoms with Crippen LogP contribution in [0, 0.1) is 13.8 Å². The molecule has 0 unspecified atom stereocenters. The zero-order chi connectivity index (χ0) is 22.6. The summed E-state index contributed by atoms with van der Waals surface area (Å²) in [6, 6.07) is 7.19. The lowest BCUT2D eigenvalue weighted by molar-refractivity contribution is -0.142.